The van der Waals surface area contributed by atoms with E-state index in [1.165, 1.54) is 6.92 Å². The monoisotopic (exact) mass is 352 g/mol. The number of nitrogens with one attached hydrogen (secondary N) is 2. The average molecular weight is 352 g/mol. The summed E-state index contributed by atoms with van der Waals surface area (Å²) >= 11 is 0. The summed E-state index contributed by atoms with van der Waals surface area (Å²) in [6.45, 7) is 6.17. The lowest BCUT2D eigenvalue weighted by molar-refractivity contribution is -0.120. The molecule has 2 aromatic carbocycles. The predicted molar refractivity (Wildman–Crippen MR) is 104 cm³/mol. The molecule has 26 heavy (non-hydrogen) atoms. The van der Waals surface area contributed by atoms with Gasteiger partial charge in [0.2, 0.25) is 5.91 Å². The number of hydrogen-bond acceptors (Lipinski definition) is 3. The number of carbonyl (C=O) groups excluding carboxylic acids is 2. The van der Waals surface area contributed by atoms with Crippen molar-refractivity contribution >= 4 is 23.6 Å². The molecule has 0 bridgehead atoms. The Morgan fingerprint density at radius 3 is 2.27 bits per heavy atom. The number of ether oxygens (including phenoxy) is 1. The predicted octanol–water partition coefficient (Wildman–Crippen LogP) is 3.84. The van der Waals surface area contributed by atoms with Crippen LogP contribution in [0.1, 0.15) is 26.3 Å². The standard InChI is InChI=1S/C21H24N2O3/c1-15(2)14-26-19-11-9-18(10-12-19)23-21(25)20(22-16(3)24)13-17-7-5-4-6-8-17/h4-13,15H,14H2,1-3H3,(H,22,24)(H,23,25)/b20-13-. The molecule has 0 atom stereocenters. The second-order valence-corrected chi connectivity index (χ2v) is 6.33. The summed E-state index contributed by atoms with van der Waals surface area (Å²) in [7, 11) is 0. The first-order valence-corrected chi connectivity index (χ1v) is 8.52. The highest BCUT2D eigenvalue weighted by atomic mass is 16.5. The van der Waals surface area contributed by atoms with Crippen LogP contribution in [-0.2, 0) is 9.59 Å². The number of carbonyl (C=O) groups is 2. The second kappa shape index (κ2) is 9.42. The van der Waals surface area contributed by atoms with E-state index in [-0.39, 0.29) is 17.5 Å². The lowest BCUT2D eigenvalue weighted by Gasteiger charge is -2.11. The van der Waals surface area contributed by atoms with Crippen molar-refractivity contribution in [2.45, 2.75) is 20.8 Å². The first kappa shape index (κ1) is 19.2. The van der Waals surface area contributed by atoms with Crippen molar-refractivity contribution in [2.75, 3.05) is 11.9 Å². The largest absolute Gasteiger partial charge is 0.493 e. The Hall–Kier alpha value is -3.08. The molecule has 5 heteroatoms. The van der Waals surface area contributed by atoms with Gasteiger partial charge in [0, 0.05) is 12.6 Å². The van der Waals surface area contributed by atoms with Crippen LogP contribution in [0.3, 0.4) is 0 Å². The van der Waals surface area contributed by atoms with E-state index in [2.05, 4.69) is 24.5 Å². The molecular formula is C21H24N2O3. The fraction of sp³-hybridized carbons (Fsp3) is 0.238. The Morgan fingerprint density at radius 1 is 1.04 bits per heavy atom. The highest BCUT2D eigenvalue weighted by Crippen LogP contribution is 2.17. The van der Waals surface area contributed by atoms with E-state index < -0.39 is 0 Å². The molecule has 2 aromatic rings. The summed E-state index contributed by atoms with van der Waals surface area (Å²) in [5.41, 5.74) is 1.63. The van der Waals surface area contributed by atoms with Crippen LogP contribution in [0.15, 0.2) is 60.3 Å². The zero-order valence-electron chi connectivity index (χ0n) is 15.3. The molecule has 0 aliphatic heterocycles. The van der Waals surface area contributed by atoms with E-state index in [0.29, 0.717) is 18.2 Å². The maximum atomic E-state index is 12.5. The van der Waals surface area contributed by atoms with Crippen molar-refractivity contribution in [2.24, 2.45) is 5.92 Å². The van der Waals surface area contributed by atoms with Crippen LogP contribution >= 0.6 is 0 Å². The smallest absolute Gasteiger partial charge is 0.272 e. The normalized spacial score (nSPS) is 11.2. The SMILES string of the molecule is CC(=O)N/C(=C\c1ccccc1)C(=O)Nc1ccc(OCC(C)C)cc1. The van der Waals surface area contributed by atoms with Crippen molar-refractivity contribution in [1.29, 1.82) is 0 Å². The van der Waals surface area contributed by atoms with Gasteiger partial charge in [-0.25, -0.2) is 0 Å². The lowest BCUT2D eigenvalue weighted by atomic mass is 10.2. The Morgan fingerprint density at radius 2 is 1.69 bits per heavy atom. The van der Waals surface area contributed by atoms with E-state index in [9.17, 15) is 9.59 Å². The summed E-state index contributed by atoms with van der Waals surface area (Å²) in [5.74, 6) is 0.496. The van der Waals surface area contributed by atoms with Gasteiger partial charge in [0.05, 0.1) is 6.61 Å². The summed E-state index contributed by atoms with van der Waals surface area (Å²) < 4.78 is 5.63. The van der Waals surface area contributed by atoms with Crippen LogP contribution in [0.4, 0.5) is 5.69 Å². The van der Waals surface area contributed by atoms with Gasteiger partial charge in [-0.15, -0.1) is 0 Å². The molecular weight excluding hydrogens is 328 g/mol. The minimum absolute atomic E-state index is 0.184. The molecule has 0 spiro atoms. The third kappa shape index (κ3) is 6.43. The van der Waals surface area contributed by atoms with E-state index in [1.807, 2.05) is 30.3 Å². The van der Waals surface area contributed by atoms with Crippen LogP contribution in [0, 0.1) is 5.92 Å². The molecule has 0 heterocycles. The molecule has 0 saturated heterocycles. The van der Waals surface area contributed by atoms with Crippen molar-refractivity contribution in [3.63, 3.8) is 0 Å². The van der Waals surface area contributed by atoms with Crippen LogP contribution in [0.2, 0.25) is 0 Å². The molecule has 0 aliphatic carbocycles. The third-order valence-electron chi connectivity index (χ3n) is 3.36. The van der Waals surface area contributed by atoms with E-state index in [0.717, 1.165) is 11.3 Å². The second-order valence-electron chi connectivity index (χ2n) is 6.33. The number of rotatable bonds is 7. The fourth-order valence-corrected chi connectivity index (χ4v) is 2.16. The van der Waals surface area contributed by atoms with Crippen LogP contribution in [-0.4, -0.2) is 18.4 Å². The maximum Gasteiger partial charge on any atom is 0.272 e. The summed E-state index contributed by atoms with van der Waals surface area (Å²) in [5, 5.41) is 5.36. The quantitative estimate of drug-likeness (QED) is 0.744. The van der Waals surface area contributed by atoms with Crippen molar-refractivity contribution in [3.05, 3.63) is 65.9 Å². The Balaban J connectivity index is 2.09. The Bertz CT molecular complexity index is 766. The fourth-order valence-electron chi connectivity index (χ4n) is 2.16. The van der Waals surface area contributed by atoms with Gasteiger partial charge < -0.3 is 15.4 Å². The Labute approximate surface area is 154 Å². The van der Waals surface area contributed by atoms with Crippen molar-refractivity contribution in [3.8, 4) is 5.75 Å². The molecule has 0 fully saturated rings. The first-order chi connectivity index (χ1) is 12.4. The lowest BCUT2D eigenvalue weighted by Crippen LogP contribution is -2.28. The van der Waals surface area contributed by atoms with Gasteiger partial charge in [-0.2, -0.15) is 0 Å². The van der Waals surface area contributed by atoms with Crippen LogP contribution < -0.4 is 15.4 Å². The number of anilines is 1. The molecule has 2 amide bonds. The van der Waals surface area contributed by atoms with Gasteiger partial charge in [0.15, 0.2) is 0 Å². The van der Waals surface area contributed by atoms with Crippen molar-refractivity contribution < 1.29 is 14.3 Å². The molecule has 0 aromatic heterocycles. The van der Waals surface area contributed by atoms with Crippen molar-refractivity contribution in [1.82, 2.24) is 5.32 Å². The highest BCUT2D eigenvalue weighted by Gasteiger charge is 2.12. The third-order valence-corrected chi connectivity index (χ3v) is 3.36. The topological polar surface area (TPSA) is 67.4 Å². The Kier molecular flexibility index (Phi) is 6.97. The molecule has 0 radical (unpaired) electrons. The first-order valence-electron chi connectivity index (χ1n) is 8.52. The molecule has 5 nitrogen and oxygen atoms in total. The van der Waals surface area contributed by atoms with Crippen LogP contribution in [0.5, 0.6) is 5.75 Å². The molecule has 136 valence electrons. The van der Waals surface area contributed by atoms with Gasteiger partial charge in [-0.3, -0.25) is 9.59 Å². The number of hydrogen-bond donors (Lipinski definition) is 2. The zero-order valence-corrected chi connectivity index (χ0v) is 15.3. The van der Waals surface area contributed by atoms with E-state index in [1.54, 1.807) is 30.3 Å². The van der Waals surface area contributed by atoms with Gasteiger partial charge in [-0.1, -0.05) is 44.2 Å². The minimum Gasteiger partial charge on any atom is -0.493 e. The summed E-state index contributed by atoms with van der Waals surface area (Å²) in [6.07, 6.45) is 1.64. The van der Waals surface area contributed by atoms with Gasteiger partial charge in [0.25, 0.3) is 5.91 Å². The van der Waals surface area contributed by atoms with Gasteiger partial charge in [-0.05, 0) is 41.8 Å². The zero-order chi connectivity index (χ0) is 18.9. The van der Waals surface area contributed by atoms with Crippen LogP contribution in [0.25, 0.3) is 6.08 Å². The number of amides is 2. The molecule has 2 rings (SSSR count). The van der Waals surface area contributed by atoms with Gasteiger partial charge in [0.1, 0.15) is 11.4 Å². The number of benzene rings is 2. The van der Waals surface area contributed by atoms with E-state index in [4.69, 9.17) is 4.74 Å². The molecule has 0 saturated carbocycles. The average Bonchev–Trinajstić information content (AvgIpc) is 2.61. The maximum absolute atomic E-state index is 12.5. The van der Waals surface area contributed by atoms with Gasteiger partial charge >= 0.3 is 0 Å². The highest BCUT2D eigenvalue weighted by molar-refractivity contribution is 6.08. The molecule has 2 N–H and O–H groups in total. The molecule has 0 unspecified atom stereocenters. The summed E-state index contributed by atoms with van der Waals surface area (Å²) in [4.78, 5) is 24.0. The minimum atomic E-state index is -0.389. The molecule has 0 aliphatic rings. The summed E-state index contributed by atoms with van der Waals surface area (Å²) in [6, 6.07) is 16.5. The van der Waals surface area contributed by atoms with E-state index >= 15 is 0 Å².